The maximum Gasteiger partial charge on any atom is 0.343 e. The maximum atomic E-state index is 13.0. The van der Waals surface area contributed by atoms with Crippen LogP contribution < -0.4 is 15.8 Å². The number of nitrogen functional groups attached to an aromatic ring is 1. The summed E-state index contributed by atoms with van der Waals surface area (Å²) in [6.07, 6.45) is 1.64. The minimum absolute atomic E-state index is 0.0825. The van der Waals surface area contributed by atoms with Crippen LogP contribution in [-0.2, 0) is 24.8 Å². The SMILES string of the molecule is CCOC(=O)c1cccc(CSC[C@H](NC(=O)/C(C)=C/c2ccc(C(=O)Oc3ccc(C(=N)N)cc3)cc2)C(=O)OCC)c1. The summed E-state index contributed by atoms with van der Waals surface area (Å²) in [5.41, 5.74) is 8.63. The molecule has 1 amide bonds. The number of carbonyl (C=O) groups excluding carboxylic acids is 4. The third kappa shape index (κ3) is 10.1. The molecule has 44 heavy (non-hydrogen) atoms. The summed E-state index contributed by atoms with van der Waals surface area (Å²) < 4.78 is 15.6. The van der Waals surface area contributed by atoms with E-state index in [0.717, 1.165) is 5.56 Å². The van der Waals surface area contributed by atoms with Crippen LogP contribution in [0.3, 0.4) is 0 Å². The van der Waals surface area contributed by atoms with Crippen LogP contribution in [0.25, 0.3) is 6.08 Å². The van der Waals surface area contributed by atoms with E-state index in [2.05, 4.69) is 5.32 Å². The molecule has 0 aromatic heterocycles. The Morgan fingerprint density at radius 3 is 2.18 bits per heavy atom. The molecule has 0 bridgehead atoms. The third-order valence-corrected chi connectivity index (χ3v) is 7.24. The number of rotatable bonds is 14. The lowest BCUT2D eigenvalue weighted by Gasteiger charge is -2.17. The van der Waals surface area contributed by atoms with E-state index in [1.54, 1.807) is 93.6 Å². The lowest BCUT2D eigenvalue weighted by Crippen LogP contribution is -2.44. The monoisotopic (exact) mass is 617 g/mol. The van der Waals surface area contributed by atoms with Crippen LogP contribution >= 0.6 is 11.8 Å². The lowest BCUT2D eigenvalue weighted by molar-refractivity contribution is -0.146. The molecule has 0 saturated carbocycles. The average molecular weight is 618 g/mol. The second-order valence-corrected chi connectivity index (χ2v) is 10.5. The van der Waals surface area contributed by atoms with Gasteiger partial charge >= 0.3 is 17.9 Å². The topological polar surface area (TPSA) is 158 Å². The Balaban J connectivity index is 1.59. The van der Waals surface area contributed by atoms with Gasteiger partial charge in [-0.3, -0.25) is 10.2 Å². The van der Waals surface area contributed by atoms with Crippen LogP contribution in [-0.4, -0.2) is 54.7 Å². The number of benzene rings is 3. The Labute approximate surface area is 260 Å². The van der Waals surface area contributed by atoms with Gasteiger partial charge in [0.2, 0.25) is 5.91 Å². The van der Waals surface area contributed by atoms with E-state index in [1.807, 2.05) is 6.07 Å². The van der Waals surface area contributed by atoms with E-state index in [0.29, 0.717) is 39.3 Å². The molecule has 4 N–H and O–H groups in total. The zero-order chi connectivity index (χ0) is 32.1. The number of thioether (sulfide) groups is 1. The molecular formula is C33H35N3O7S. The summed E-state index contributed by atoms with van der Waals surface area (Å²) in [5, 5.41) is 10.2. The summed E-state index contributed by atoms with van der Waals surface area (Å²) in [6.45, 7) is 5.52. The molecule has 0 aliphatic rings. The maximum absolute atomic E-state index is 13.0. The summed E-state index contributed by atoms with van der Waals surface area (Å²) >= 11 is 1.42. The Morgan fingerprint density at radius 1 is 0.886 bits per heavy atom. The largest absolute Gasteiger partial charge is 0.464 e. The van der Waals surface area contributed by atoms with Crippen molar-refractivity contribution in [2.75, 3.05) is 19.0 Å². The number of hydrogen-bond acceptors (Lipinski definition) is 9. The highest BCUT2D eigenvalue weighted by Gasteiger charge is 2.23. The predicted molar refractivity (Wildman–Crippen MR) is 170 cm³/mol. The van der Waals surface area contributed by atoms with Crippen LogP contribution in [0.4, 0.5) is 0 Å². The molecule has 0 unspecified atom stereocenters. The van der Waals surface area contributed by atoms with Crippen molar-refractivity contribution in [3.63, 3.8) is 0 Å². The van der Waals surface area contributed by atoms with Crippen molar-refractivity contribution >= 4 is 47.5 Å². The number of ether oxygens (including phenoxy) is 3. The van der Waals surface area contributed by atoms with E-state index in [-0.39, 0.29) is 24.8 Å². The van der Waals surface area contributed by atoms with Crippen molar-refractivity contribution < 1.29 is 33.4 Å². The number of hydrogen-bond donors (Lipinski definition) is 3. The summed E-state index contributed by atoms with van der Waals surface area (Å²) in [4.78, 5) is 50.1. The smallest absolute Gasteiger partial charge is 0.343 e. The van der Waals surface area contributed by atoms with Crippen molar-refractivity contribution in [3.05, 3.63) is 106 Å². The van der Waals surface area contributed by atoms with Gasteiger partial charge in [-0.1, -0.05) is 24.3 Å². The van der Waals surface area contributed by atoms with Crippen molar-refractivity contribution in [1.29, 1.82) is 5.41 Å². The summed E-state index contributed by atoms with van der Waals surface area (Å²) in [6, 6.07) is 19.0. The van der Waals surface area contributed by atoms with E-state index in [4.69, 9.17) is 25.4 Å². The molecule has 1 atom stereocenters. The predicted octanol–water partition coefficient (Wildman–Crippen LogP) is 4.75. The molecule has 0 radical (unpaired) electrons. The molecule has 0 aliphatic heterocycles. The van der Waals surface area contributed by atoms with Crippen LogP contribution in [0, 0.1) is 5.41 Å². The first-order valence-corrected chi connectivity index (χ1v) is 15.0. The third-order valence-electron chi connectivity index (χ3n) is 6.13. The Morgan fingerprint density at radius 2 is 1.55 bits per heavy atom. The van der Waals surface area contributed by atoms with Gasteiger partial charge in [0, 0.05) is 22.6 Å². The van der Waals surface area contributed by atoms with Gasteiger partial charge in [0.25, 0.3) is 0 Å². The molecule has 0 aliphatic carbocycles. The number of amides is 1. The van der Waals surface area contributed by atoms with E-state index < -0.39 is 29.9 Å². The van der Waals surface area contributed by atoms with Gasteiger partial charge < -0.3 is 25.3 Å². The van der Waals surface area contributed by atoms with Crippen molar-refractivity contribution in [3.8, 4) is 5.75 Å². The summed E-state index contributed by atoms with van der Waals surface area (Å²) in [7, 11) is 0. The minimum atomic E-state index is -0.884. The second-order valence-electron chi connectivity index (χ2n) is 9.49. The standard InChI is InChI=1S/C33H35N3O7S/c1-4-41-31(38)26-8-6-7-23(18-26)19-44-20-28(33(40)42-5-2)36-30(37)21(3)17-22-9-11-25(12-10-22)32(39)43-27-15-13-24(14-16-27)29(34)35/h6-18,28H,4-5,19-20H2,1-3H3,(H3,34,35)(H,36,37)/b21-17+/t28-/m0/s1. The zero-order valence-corrected chi connectivity index (χ0v) is 25.6. The van der Waals surface area contributed by atoms with Gasteiger partial charge in [-0.25, -0.2) is 14.4 Å². The van der Waals surface area contributed by atoms with Gasteiger partial charge in [0.05, 0.1) is 24.3 Å². The van der Waals surface area contributed by atoms with Crippen molar-refractivity contribution in [2.24, 2.45) is 5.73 Å². The van der Waals surface area contributed by atoms with Crippen LogP contribution in [0.2, 0.25) is 0 Å². The van der Waals surface area contributed by atoms with E-state index in [9.17, 15) is 19.2 Å². The number of amidine groups is 1. The van der Waals surface area contributed by atoms with Crippen molar-refractivity contribution in [2.45, 2.75) is 32.6 Å². The molecular weight excluding hydrogens is 582 g/mol. The fourth-order valence-electron chi connectivity index (χ4n) is 3.88. The fourth-order valence-corrected chi connectivity index (χ4v) is 4.87. The molecule has 0 spiro atoms. The van der Waals surface area contributed by atoms with Gasteiger partial charge in [-0.2, -0.15) is 11.8 Å². The highest BCUT2D eigenvalue weighted by molar-refractivity contribution is 7.98. The van der Waals surface area contributed by atoms with Crippen LogP contribution in [0.1, 0.15) is 58.2 Å². The number of carbonyl (C=O) groups is 4. The highest BCUT2D eigenvalue weighted by atomic mass is 32.2. The second kappa shape index (κ2) is 16.7. The number of nitrogens with one attached hydrogen (secondary N) is 2. The first kappa shape index (κ1) is 33.6. The van der Waals surface area contributed by atoms with Gasteiger partial charge in [-0.15, -0.1) is 0 Å². The summed E-state index contributed by atoms with van der Waals surface area (Å²) in [5.74, 6) is -0.942. The molecule has 3 aromatic carbocycles. The first-order chi connectivity index (χ1) is 21.1. The highest BCUT2D eigenvalue weighted by Crippen LogP contribution is 2.18. The molecule has 10 nitrogen and oxygen atoms in total. The lowest BCUT2D eigenvalue weighted by atomic mass is 10.1. The van der Waals surface area contributed by atoms with Gasteiger partial charge in [-0.05, 0) is 86.5 Å². The Hall–Kier alpha value is -4.90. The van der Waals surface area contributed by atoms with Crippen LogP contribution in [0.15, 0.2) is 78.4 Å². The Bertz CT molecular complexity index is 1520. The van der Waals surface area contributed by atoms with Crippen molar-refractivity contribution in [1.82, 2.24) is 5.32 Å². The van der Waals surface area contributed by atoms with E-state index in [1.165, 1.54) is 11.8 Å². The molecule has 3 aromatic rings. The normalized spacial score (nSPS) is 11.7. The number of nitrogens with two attached hydrogens (primary N) is 1. The molecule has 11 heteroatoms. The molecule has 230 valence electrons. The van der Waals surface area contributed by atoms with E-state index >= 15 is 0 Å². The van der Waals surface area contributed by atoms with Gasteiger partial charge in [0.15, 0.2) is 0 Å². The minimum Gasteiger partial charge on any atom is -0.464 e. The van der Waals surface area contributed by atoms with Crippen LogP contribution in [0.5, 0.6) is 5.75 Å². The quantitative estimate of drug-likeness (QED) is 0.0763. The molecule has 0 saturated heterocycles. The first-order valence-electron chi connectivity index (χ1n) is 13.9. The zero-order valence-electron chi connectivity index (χ0n) is 24.8. The molecule has 3 rings (SSSR count). The average Bonchev–Trinajstić information content (AvgIpc) is 3.01. The van der Waals surface area contributed by atoms with Gasteiger partial charge in [0.1, 0.15) is 17.6 Å². The fraction of sp³-hybridized carbons (Fsp3) is 0.242. The molecule has 0 fully saturated rings. The molecule has 0 heterocycles. The Kier molecular flexibility index (Phi) is 12.7. The number of esters is 3.